The van der Waals surface area contributed by atoms with Crippen molar-refractivity contribution in [2.45, 2.75) is 18.2 Å². The first-order chi connectivity index (χ1) is 14.9. The number of nitrogens with one attached hydrogen (secondary N) is 3. The van der Waals surface area contributed by atoms with Crippen molar-refractivity contribution in [1.82, 2.24) is 15.6 Å². The van der Waals surface area contributed by atoms with Crippen molar-refractivity contribution < 1.29 is 17.5 Å². The molecular weight excluding hydrogens is 419 g/mol. The number of aromatic nitrogens is 1. The second-order valence-corrected chi connectivity index (χ2v) is 9.05. The van der Waals surface area contributed by atoms with Crippen LogP contribution in [0.5, 0.6) is 5.75 Å². The lowest BCUT2D eigenvalue weighted by Gasteiger charge is -2.12. The van der Waals surface area contributed by atoms with Crippen molar-refractivity contribution >= 4 is 26.7 Å². The number of H-pyrrole nitrogens is 1. The van der Waals surface area contributed by atoms with Crippen LogP contribution in [0.4, 0.5) is 4.39 Å². The van der Waals surface area contributed by atoms with Gasteiger partial charge in [0.05, 0.1) is 11.4 Å². The van der Waals surface area contributed by atoms with Gasteiger partial charge in [0.1, 0.15) is 18.2 Å². The molecule has 0 aliphatic rings. The first-order valence-electron chi connectivity index (χ1n) is 10.1. The average molecular weight is 447 g/mol. The molecule has 0 atom stereocenters. The SMILES string of the molecule is CCNC(=NCCc1c[nH]c2cc(F)ccc12)NCCOc1ccc(S(C)(=O)=O)cc1. The van der Waals surface area contributed by atoms with E-state index in [1.165, 1.54) is 30.5 Å². The van der Waals surface area contributed by atoms with E-state index in [9.17, 15) is 12.8 Å². The molecule has 0 spiro atoms. The first kappa shape index (κ1) is 22.6. The molecule has 3 aromatic rings. The Labute approximate surface area is 181 Å². The summed E-state index contributed by atoms with van der Waals surface area (Å²) < 4.78 is 42.0. The normalized spacial score (nSPS) is 12.2. The van der Waals surface area contributed by atoms with Crippen molar-refractivity contribution in [3.63, 3.8) is 0 Å². The van der Waals surface area contributed by atoms with Crippen LogP contribution in [-0.2, 0) is 16.3 Å². The third-order valence-electron chi connectivity index (χ3n) is 4.64. The molecule has 0 unspecified atom stereocenters. The van der Waals surface area contributed by atoms with Crippen LogP contribution in [-0.4, -0.2) is 51.9 Å². The molecule has 31 heavy (non-hydrogen) atoms. The number of hydrogen-bond donors (Lipinski definition) is 3. The van der Waals surface area contributed by atoms with Gasteiger partial charge in [0.2, 0.25) is 0 Å². The van der Waals surface area contributed by atoms with E-state index in [0.717, 1.165) is 29.4 Å². The lowest BCUT2D eigenvalue weighted by Crippen LogP contribution is -2.39. The summed E-state index contributed by atoms with van der Waals surface area (Å²) in [5.74, 6) is 1.03. The van der Waals surface area contributed by atoms with Gasteiger partial charge in [-0.05, 0) is 61.4 Å². The van der Waals surface area contributed by atoms with Gasteiger partial charge in [0.25, 0.3) is 0 Å². The highest BCUT2D eigenvalue weighted by Crippen LogP contribution is 2.19. The van der Waals surface area contributed by atoms with Crippen LogP contribution in [0.25, 0.3) is 10.9 Å². The van der Waals surface area contributed by atoms with Crippen LogP contribution in [0.1, 0.15) is 12.5 Å². The Hall–Kier alpha value is -3.07. The maximum atomic E-state index is 13.3. The molecule has 3 N–H and O–H groups in total. The number of halogens is 1. The molecule has 166 valence electrons. The smallest absolute Gasteiger partial charge is 0.191 e. The van der Waals surface area contributed by atoms with Gasteiger partial charge in [-0.2, -0.15) is 0 Å². The maximum absolute atomic E-state index is 13.3. The zero-order valence-corrected chi connectivity index (χ0v) is 18.4. The Kier molecular flexibility index (Phi) is 7.51. The average Bonchev–Trinajstić information content (AvgIpc) is 3.12. The van der Waals surface area contributed by atoms with Crippen molar-refractivity contribution in [1.29, 1.82) is 0 Å². The molecular formula is C22H27FN4O3S. The molecule has 3 rings (SSSR count). The fourth-order valence-electron chi connectivity index (χ4n) is 3.12. The fraction of sp³-hybridized carbons (Fsp3) is 0.318. The number of hydrogen-bond acceptors (Lipinski definition) is 4. The van der Waals surface area contributed by atoms with Gasteiger partial charge >= 0.3 is 0 Å². The lowest BCUT2D eigenvalue weighted by atomic mass is 10.1. The zero-order chi connectivity index (χ0) is 22.3. The number of nitrogens with zero attached hydrogens (tertiary/aromatic N) is 1. The van der Waals surface area contributed by atoms with Crippen molar-refractivity contribution in [2.75, 3.05) is 32.5 Å². The minimum absolute atomic E-state index is 0.258. The molecule has 0 fully saturated rings. The number of ether oxygens (including phenoxy) is 1. The summed E-state index contributed by atoms with van der Waals surface area (Å²) >= 11 is 0. The molecule has 2 aromatic carbocycles. The van der Waals surface area contributed by atoms with Gasteiger partial charge in [-0.25, -0.2) is 12.8 Å². The lowest BCUT2D eigenvalue weighted by molar-refractivity contribution is 0.321. The van der Waals surface area contributed by atoms with Crippen molar-refractivity contribution in [3.05, 3.63) is 60.0 Å². The van der Waals surface area contributed by atoms with Crippen LogP contribution >= 0.6 is 0 Å². The number of guanidine groups is 1. The molecule has 0 saturated heterocycles. The molecule has 0 amide bonds. The van der Waals surface area contributed by atoms with E-state index in [2.05, 4.69) is 20.6 Å². The second-order valence-electron chi connectivity index (χ2n) is 7.03. The van der Waals surface area contributed by atoms with Crippen LogP contribution in [0.15, 0.2) is 58.5 Å². The number of sulfone groups is 1. The Balaban J connectivity index is 1.48. The van der Waals surface area contributed by atoms with E-state index in [0.29, 0.717) is 31.4 Å². The molecule has 1 aromatic heterocycles. The molecule has 9 heteroatoms. The van der Waals surface area contributed by atoms with Gasteiger partial charge in [0, 0.05) is 36.4 Å². The zero-order valence-electron chi connectivity index (χ0n) is 17.6. The van der Waals surface area contributed by atoms with E-state index in [1.54, 1.807) is 18.2 Å². The van der Waals surface area contributed by atoms with Gasteiger partial charge in [-0.15, -0.1) is 0 Å². The summed E-state index contributed by atoms with van der Waals surface area (Å²) in [5.41, 5.74) is 1.88. The maximum Gasteiger partial charge on any atom is 0.191 e. The topological polar surface area (TPSA) is 95.6 Å². The number of aliphatic imine (C=N–C) groups is 1. The molecule has 0 aliphatic heterocycles. The Morgan fingerprint density at radius 1 is 1.16 bits per heavy atom. The number of fused-ring (bicyclic) bond motifs is 1. The molecule has 0 saturated carbocycles. The van der Waals surface area contributed by atoms with Gasteiger partial charge in [0.15, 0.2) is 15.8 Å². The monoisotopic (exact) mass is 446 g/mol. The molecule has 0 aliphatic carbocycles. The summed E-state index contributed by atoms with van der Waals surface area (Å²) in [6, 6.07) is 11.1. The van der Waals surface area contributed by atoms with Crippen LogP contribution < -0.4 is 15.4 Å². The first-order valence-corrected chi connectivity index (χ1v) is 12.0. The molecule has 0 radical (unpaired) electrons. The summed E-state index contributed by atoms with van der Waals surface area (Å²) in [6.45, 7) is 4.23. The van der Waals surface area contributed by atoms with E-state index >= 15 is 0 Å². The van der Waals surface area contributed by atoms with Crippen molar-refractivity contribution in [3.8, 4) is 5.75 Å². The Morgan fingerprint density at radius 2 is 1.94 bits per heavy atom. The minimum atomic E-state index is -3.21. The fourth-order valence-corrected chi connectivity index (χ4v) is 3.75. The summed E-state index contributed by atoms with van der Waals surface area (Å²) in [7, 11) is -3.21. The Bertz CT molecular complexity index is 1140. The van der Waals surface area contributed by atoms with Gasteiger partial charge in [-0.1, -0.05) is 0 Å². The number of rotatable bonds is 9. The van der Waals surface area contributed by atoms with E-state index in [1.807, 2.05) is 13.1 Å². The minimum Gasteiger partial charge on any atom is -0.492 e. The number of aromatic amines is 1. The van der Waals surface area contributed by atoms with E-state index < -0.39 is 9.84 Å². The van der Waals surface area contributed by atoms with E-state index in [4.69, 9.17) is 4.74 Å². The second kappa shape index (κ2) is 10.3. The predicted molar refractivity (Wildman–Crippen MR) is 121 cm³/mol. The largest absolute Gasteiger partial charge is 0.492 e. The van der Waals surface area contributed by atoms with Crippen LogP contribution in [0.2, 0.25) is 0 Å². The highest BCUT2D eigenvalue weighted by atomic mass is 32.2. The summed E-state index contributed by atoms with van der Waals surface area (Å²) in [5, 5.41) is 7.41. The highest BCUT2D eigenvalue weighted by molar-refractivity contribution is 7.90. The molecule has 7 nitrogen and oxygen atoms in total. The van der Waals surface area contributed by atoms with Crippen LogP contribution in [0, 0.1) is 5.82 Å². The van der Waals surface area contributed by atoms with E-state index in [-0.39, 0.29) is 10.7 Å². The van der Waals surface area contributed by atoms with Crippen LogP contribution in [0.3, 0.4) is 0 Å². The predicted octanol–water partition coefficient (Wildman–Crippen LogP) is 2.89. The summed E-state index contributed by atoms with van der Waals surface area (Å²) in [4.78, 5) is 7.94. The summed E-state index contributed by atoms with van der Waals surface area (Å²) in [6.07, 6.45) is 3.79. The third-order valence-corrected chi connectivity index (χ3v) is 5.77. The quantitative estimate of drug-likeness (QED) is 0.267. The molecule has 1 heterocycles. The van der Waals surface area contributed by atoms with Gasteiger partial charge < -0.3 is 20.4 Å². The Morgan fingerprint density at radius 3 is 2.65 bits per heavy atom. The van der Waals surface area contributed by atoms with Gasteiger partial charge in [-0.3, -0.25) is 4.99 Å². The third kappa shape index (κ3) is 6.45. The number of benzene rings is 2. The standard InChI is InChI=1S/C22H27FN4O3S/c1-3-24-22(25-11-10-16-15-27-21-14-17(23)4-9-20(16)21)26-12-13-30-18-5-7-19(8-6-18)31(2,28)29/h4-9,14-15,27H,3,10-13H2,1-2H3,(H2,24,25,26). The molecule has 0 bridgehead atoms. The van der Waals surface area contributed by atoms with Crippen molar-refractivity contribution in [2.24, 2.45) is 4.99 Å². The highest BCUT2D eigenvalue weighted by Gasteiger charge is 2.07.